The van der Waals surface area contributed by atoms with Crippen molar-refractivity contribution in [3.63, 3.8) is 0 Å². The van der Waals surface area contributed by atoms with Gasteiger partial charge in [0.25, 0.3) is 5.91 Å². The summed E-state index contributed by atoms with van der Waals surface area (Å²) in [5.74, 6) is -0.354. The van der Waals surface area contributed by atoms with Gasteiger partial charge in [-0.2, -0.15) is 0 Å². The summed E-state index contributed by atoms with van der Waals surface area (Å²) in [5, 5.41) is 2.62. The molecule has 1 aliphatic heterocycles. The second-order valence-electron chi connectivity index (χ2n) is 4.21. The summed E-state index contributed by atoms with van der Waals surface area (Å²) in [7, 11) is 0. The van der Waals surface area contributed by atoms with E-state index in [4.69, 9.17) is 0 Å². The topological polar surface area (TPSA) is 54.4 Å². The van der Waals surface area contributed by atoms with Gasteiger partial charge in [0.2, 0.25) is 0 Å². The molecule has 0 unspecified atom stereocenters. The van der Waals surface area contributed by atoms with Crippen molar-refractivity contribution in [2.45, 2.75) is 0 Å². The number of pyridine rings is 1. The third-order valence-electron chi connectivity index (χ3n) is 2.77. The highest BCUT2D eigenvalue weighted by Crippen LogP contribution is 2.14. The second-order valence-corrected chi connectivity index (χ2v) is 4.21. The molecule has 0 aliphatic carbocycles. The quantitative estimate of drug-likeness (QED) is 0.847. The number of nitrogens with one attached hydrogen (secondary N) is 1. The maximum Gasteiger partial charge on any atom is 0.275 e. The Morgan fingerprint density at radius 2 is 2.05 bits per heavy atom. The highest BCUT2D eigenvalue weighted by atomic mass is 19.1. The van der Waals surface area contributed by atoms with Crippen LogP contribution in [0.5, 0.6) is 0 Å². The molecule has 1 aliphatic rings. The number of benzene rings is 1. The van der Waals surface area contributed by atoms with Crippen LogP contribution >= 0.6 is 0 Å². The van der Waals surface area contributed by atoms with Crippen LogP contribution in [0.4, 0.5) is 4.39 Å². The van der Waals surface area contributed by atoms with E-state index < -0.39 is 0 Å². The van der Waals surface area contributed by atoms with E-state index >= 15 is 0 Å². The normalized spacial score (nSPS) is 16.1. The van der Waals surface area contributed by atoms with Crippen molar-refractivity contribution in [3.8, 4) is 0 Å². The number of amides is 1. The number of aliphatic imine (C=N–C) groups is 1. The summed E-state index contributed by atoms with van der Waals surface area (Å²) in [5.41, 5.74) is 1.42. The van der Waals surface area contributed by atoms with Crippen LogP contribution in [0, 0.1) is 5.82 Å². The molecule has 0 saturated heterocycles. The Morgan fingerprint density at radius 1 is 1.15 bits per heavy atom. The molecule has 0 saturated carbocycles. The number of rotatable bonds is 2. The zero-order valence-corrected chi connectivity index (χ0v) is 10.4. The smallest absolute Gasteiger partial charge is 0.275 e. The van der Waals surface area contributed by atoms with Crippen molar-refractivity contribution in [2.75, 3.05) is 0 Å². The van der Waals surface area contributed by atoms with Crippen LogP contribution < -0.4 is 5.32 Å². The van der Waals surface area contributed by atoms with Crippen LogP contribution in [0.2, 0.25) is 0 Å². The highest BCUT2D eigenvalue weighted by molar-refractivity contribution is 6.19. The van der Waals surface area contributed by atoms with Crippen LogP contribution in [0.1, 0.15) is 11.3 Å². The SMILES string of the molecule is O=C1NC(c2cccc(F)c2)=N/C1=C/c1ccccn1. The lowest BCUT2D eigenvalue weighted by Gasteiger charge is -1.99. The Balaban J connectivity index is 1.95. The van der Waals surface area contributed by atoms with Gasteiger partial charge in [0.05, 0.1) is 5.69 Å². The van der Waals surface area contributed by atoms with E-state index in [0.717, 1.165) is 0 Å². The summed E-state index contributed by atoms with van der Waals surface area (Å²) in [4.78, 5) is 20.1. The molecule has 3 rings (SSSR count). The van der Waals surface area contributed by atoms with Gasteiger partial charge < -0.3 is 5.32 Å². The van der Waals surface area contributed by atoms with E-state index in [0.29, 0.717) is 17.1 Å². The van der Waals surface area contributed by atoms with Gasteiger partial charge in [-0.1, -0.05) is 18.2 Å². The first-order valence-electron chi connectivity index (χ1n) is 6.01. The summed E-state index contributed by atoms with van der Waals surface area (Å²) in [6.07, 6.45) is 3.22. The standard InChI is InChI=1S/C15H10FN3O/c16-11-5-3-4-10(8-11)14-18-13(15(20)19-14)9-12-6-1-2-7-17-12/h1-9H,(H,18,19,20)/b13-9+. The van der Waals surface area contributed by atoms with Gasteiger partial charge in [-0.05, 0) is 30.3 Å². The molecule has 0 spiro atoms. The van der Waals surface area contributed by atoms with Crippen molar-refractivity contribution in [2.24, 2.45) is 4.99 Å². The minimum atomic E-state index is -0.374. The lowest BCUT2D eigenvalue weighted by Crippen LogP contribution is -2.24. The number of carbonyl (C=O) groups excluding carboxylic acids is 1. The van der Waals surface area contributed by atoms with E-state index in [1.165, 1.54) is 12.1 Å². The van der Waals surface area contributed by atoms with Crippen molar-refractivity contribution in [3.05, 3.63) is 71.4 Å². The average molecular weight is 267 g/mol. The first kappa shape index (κ1) is 12.2. The number of hydrogen-bond donors (Lipinski definition) is 1. The van der Waals surface area contributed by atoms with Crippen molar-refractivity contribution in [1.29, 1.82) is 0 Å². The lowest BCUT2D eigenvalue weighted by atomic mass is 10.2. The minimum Gasteiger partial charge on any atom is -0.305 e. The Morgan fingerprint density at radius 3 is 2.80 bits per heavy atom. The number of amidine groups is 1. The summed E-state index contributed by atoms with van der Waals surface area (Å²) in [6, 6.07) is 11.3. The first-order valence-corrected chi connectivity index (χ1v) is 6.01. The van der Waals surface area contributed by atoms with Gasteiger partial charge in [0.15, 0.2) is 0 Å². The summed E-state index contributed by atoms with van der Waals surface area (Å²) >= 11 is 0. The number of aromatic nitrogens is 1. The lowest BCUT2D eigenvalue weighted by molar-refractivity contribution is -0.115. The van der Waals surface area contributed by atoms with Gasteiger partial charge >= 0.3 is 0 Å². The second kappa shape index (κ2) is 5.05. The maximum absolute atomic E-state index is 13.2. The number of nitrogens with zero attached hydrogens (tertiary/aromatic N) is 2. The number of carbonyl (C=O) groups is 1. The fourth-order valence-electron chi connectivity index (χ4n) is 1.84. The molecule has 0 bridgehead atoms. The van der Waals surface area contributed by atoms with Crippen LogP contribution in [0.25, 0.3) is 6.08 Å². The molecule has 0 fully saturated rings. The number of hydrogen-bond acceptors (Lipinski definition) is 3. The van der Waals surface area contributed by atoms with Crippen LogP contribution in [-0.2, 0) is 4.79 Å². The Labute approximate surface area is 114 Å². The highest BCUT2D eigenvalue weighted by Gasteiger charge is 2.21. The Hall–Kier alpha value is -2.82. The van der Waals surface area contributed by atoms with E-state index in [1.54, 1.807) is 36.5 Å². The fourth-order valence-corrected chi connectivity index (χ4v) is 1.84. The molecule has 0 atom stereocenters. The molecule has 1 aromatic heterocycles. The van der Waals surface area contributed by atoms with E-state index in [9.17, 15) is 9.18 Å². The third kappa shape index (κ3) is 2.47. The van der Waals surface area contributed by atoms with Crippen LogP contribution in [-0.4, -0.2) is 16.7 Å². The average Bonchev–Trinajstić information content (AvgIpc) is 2.81. The molecular weight excluding hydrogens is 257 g/mol. The first-order chi connectivity index (χ1) is 9.72. The van der Waals surface area contributed by atoms with Gasteiger partial charge in [0, 0.05) is 11.8 Å². The van der Waals surface area contributed by atoms with E-state index in [2.05, 4.69) is 15.3 Å². The Bertz CT molecular complexity index is 723. The molecule has 2 aromatic rings. The van der Waals surface area contributed by atoms with Crippen molar-refractivity contribution < 1.29 is 9.18 Å². The molecule has 2 heterocycles. The van der Waals surface area contributed by atoms with E-state index in [1.807, 2.05) is 6.07 Å². The predicted molar refractivity (Wildman–Crippen MR) is 73.3 cm³/mol. The molecular formula is C15H10FN3O. The van der Waals surface area contributed by atoms with E-state index in [-0.39, 0.29) is 17.4 Å². The van der Waals surface area contributed by atoms with Crippen molar-refractivity contribution in [1.82, 2.24) is 10.3 Å². The summed E-state index contributed by atoms with van der Waals surface area (Å²) in [6.45, 7) is 0. The molecule has 1 N–H and O–H groups in total. The third-order valence-corrected chi connectivity index (χ3v) is 2.77. The van der Waals surface area contributed by atoms with Gasteiger partial charge in [0.1, 0.15) is 17.3 Å². The number of halogens is 1. The minimum absolute atomic E-state index is 0.253. The van der Waals surface area contributed by atoms with Gasteiger partial charge in [-0.3, -0.25) is 9.78 Å². The molecule has 5 heteroatoms. The molecule has 20 heavy (non-hydrogen) atoms. The molecule has 1 amide bonds. The van der Waals surface area contributed by atoms with Gasteiger partial charge in [-0.15, -0.1) is 0 Å². The molecule has 0 radical (unpaired) electrons. The fraction of sp³-hybridized carbons (Fsp3) is 0. The zero-order valence-electron chi connectivity index (χ0n) is 10.4. The maximum atomic E-state index is 13.2. The molecule has 98 valence electrons. The predicted octanol–water partition coefficient (Wildman–Crippen LogP) is 2.14. The molecule has 1 aromatic carbocycles. The van der Waals surface area contributed by atoms with Crippen LogP contribution in [0.3, 0.4) is 0 Å². The molecule has 4 nitrogen and oxygen atoms in total. The van der Waals surface area contributed by atoms with Gasteiger partial charge in [-0.25, -0.2) is 9.38 Å². The zero-order chi connectivity index (χ0) is 13.9. The summed E-state index contributed by atoms with van der Waals surface area (Å²) < 4.78 is 13.2. The monoisotopic (exact) mass is 267 g/mol. The largest absolute Gasteiger partial charge is 0.305 e. The van der Waals surface area contributed by atoms with Crippen LogP contribution in [0.15, 0.2) is 59.4 Å². The van der Waals surface area contributed by atoms with Crippen molar-refractivity contribution >= 4 is 17.8 Å². The Kier molecular flexibility index (Phi) is 3.09.